The zero-order valence-electron chi connectivity index (χ0n) is 16.6. The molecule has 0 atom stereocenters. The first-order chi connectivity index (χ1) is 13.3. The van der Waals surface area contributed by atoms with Crippen LogP contribution in [0.15, 0.2) is 66.9 Å². The second kappa shape index (κ2) is 10.7. The number of benzene rings is 2. The lowest BCUT2D eigenvalue weighted by molar-refractivity contribution is 0.568. The number of rotatable bonds is 11. The van der Waals surface area contributed by atoms with Gasteiger partial charge in [-0.25, -0.2) is 4.98 Å². The van der Waals surface area contributed by atoms with E-state index in [-0.39, 0.29) is 0 Å². The standard InChI is InChI=1S/C25H32N2/c1-2-3-4-11-19-27-21-24(18-12-17-22-13-7-5-8-14-22)26-25(27)20-23-15-9-6-10-16-23/h5-10,13-16,21H,2-4,11-12,17-20H2,1H3. The van der Waals surface area contributed by atoms with Gasteiger partial charge in [-0.15, -0.1) is 0 Å². The Kier molecular flexibility index (Phi) is 7.70. The van der Waals surface area contributed by atoms with Crippen LogP contribution in [-0.2, 0) is 25.8 Å². The number of nitrogens with zero attached hydrogens (tertiary/aromatic N) is 2. The maximum absolute atomic E-state index is 5.00. The molecule has 0 saturated carbocycles. The largest absolute Gasteiger partial charge is 0.334 e. The predicted octanol–water partition coefficient (Wildman–Crippen LogP) is 6.23. The van der Waals surface area contributed by atoms with E-state index in [1.807, 2.05) is 0 Å². The fourth-order valence-corrected chi connectivity index (χ4v) is 3.57. The molecule has 3 aromatic rings. The Morgan fingerprint density at radius 1 is 0.741 bits per heavy atom. The Bertz CT molecular complexity index is 775. The van der Waals surface area contributed by atoms with E-state index in [0.717, 1.165) is 32.2 Å². The summed E-state index contributed by atoms with van der Waals surface area (Å²) in [5.41, 5.74) is 4.00. The number of aromatic nitrogens is 2. The van der Waals surface area contributed by atoms with Gasteiger partial charge in [0.05, 0.1) is 5.69 Å². The number of imidazole rings is 1. The minimum absolute atomic E-state index is 0.924. The Hall–Kier alpha value is -2.35. The third kappa shape index (κ3) is 6.39. The number of unbranched alkanes of at least 4 members (excludes halogenated alkanes) is 3. The average molecular weight is 361 g/mol. The van der Waals surface area contributed by atoms with E-state index < -0.39 is 0 Å². The fourth-order valence-electron chi connectivity index (χ4n) is 3.57. The molecule has 2 nitrogen and oxygen atoms in total. The van der Waals surface area contributed by atoms with Crippen LogP contribution < -0.4 is 0 Å². The van der Waals surface area contributed by atoms with Crippen molar-refractivity contribution in [2.24, 2.45) is 0 Å². The van der Waals surface area contributed by atoms with Gasteiger partial charge in [0, 0.05) is 19.2 Å². The summed E-state index contributed by atoms with van der Waals surface area (Å²) in [6, 6.07) is 21.5. The smallest absolute Gasteiger partial charge is 0.113 e. The Morgan fingerprint density at radius 2 is 1.44 bits per heavy atom. The topological polar surface area (TPSA) is 17.8 Å². The van der Waals surface area contributed by atoms with Gasteiger partial charge in [-0.05, 0) is 36.8 Å². The van der Waals surface area contributed by atoms with Crippen LogP contribution in [-0.4, -0.2) is 9.55 Å². The van der Waals surface area contributed by atoms with Crippen molar-refractivity contribution >= 4 is 0 Å². The summed E-state index contributed by atoms with van der Waals surface area (Å²) in [5.74, 6) is 1.22. The molecule has 0 N–H and O–H groups in total. The SMILES string of the molecule is CCCCCCn1cc(CCCc2ccccc2)nc1Cc1ccccc1. The Morgan fingerprint density at radius 3 is 2.15 bits per heavy atom. The molecule has 0 aliphatic rings. The third-order valence-corrected chi connectivity index (χ3v) is 5.11. The summed E-state index contributed by atoms with van der Waals surface area (Å²) in [6.45, 7) is 3.36. The van der Waals surface area contributed by atoms with Gasteiger partial charge in [-0.3, -0.25) is 0 Å². The van der Waals surface area contributed by atoms with Crippen LogP contribution in [0.3, 0.4) is 0 Å². The first-order valence-corrected chi connectivity index (χ1v) is 10.5. The van der Waals surface area contributed by atoms with Crippen molar-refractivity contribution in [3.05, 3.63) is 89.5 Å². The molecule has 0 fully saturated rings. The van der Waals surface area contributed by atoms with E-state index in [2.05, 4.69) is 78.4 Å². The molecular formula is C25H32N2. The highest BCUT2D eigenvalue weighted by atomic mass is 15.1. The number of hydrogen-bond donors (Lipinski definition) is 0. The quantitative estimate of drug-likeness (QED) is 0.371. The zero-order chi connectivity index (χ0) is 18.7. The molecule has 2 aromatic carbocycles. The van der Waals surface area contributed by atoms with Gasteiger partial charge in [0.1, 0.15) is 5.82 Å². The summed E-state index contributed by atoms with van der Waals surface area (Å²) in [5, 5.41) is 0. The van der Waals surface area contributed by atoms with Gasteiger partial charge in [-0.1, -0.05) is 86.8 Å². The van der Waals surface area contributed by atoms with Crippen molar-refractivity contribution < 1.29 is 0 Å². The van der Waals surface area contributed by atoms with E-state index in [4.69, 9.17) is 4.98 Å². The molecule has 27 heavy (non-hydrogen) atoms. The molecule has 0 aliphatic carbocycles. The van der Waals surface area contributed by atoms with E-state index in [9.17, 15) is 0 Å². The van der Waals surface area contributed by atoms with Crippen molar-refractivity contribution in [3.8, 4) is 0 Å². The lowest BCUT2D eigenvalue weighted by atomic mass is 10.1. The molecule has 0 aliphatic heterocycles. The van der Waals surface area contributed by atoms with E-state index in [1.54, 1.807) is 0 Å². The molecule has 0 unspecified atom stereocenters. The molecule has 2 heteroatoms. The molecule has 0 amide bonds. The molecule has 1 heterocycles. The van der Waals surface area contributed by atoms with Gasteiger partial charge < -0.3 is 4.57 Å². The normalized spacial score (nSPS) is 11.0. The van der Waals surface area contributed by atoms with Crippen molar-refractivity contribution in [3.63, 3.8) is 0 Å². The van der Waals surface area contributed by atoms with Crippen molar-refractivity contribution in [1.29, 1.82) is 0 Å². The fraction of sp³-hybridized carbons (Fsp3) is 0.400. The maximum atomic E-state index is 5.00. The highest BCUT2D eigenvalue weighted by Gasteiger charge is 2.09. The predicted molar refractivity (Wildman–Crippen MR) is 114 cm³/mol. The van der Waals surface area contributed by atoms with Crippen molar-refractivity contribution in [1.82, 2.24) is 9.55 Å². The van der Waals surface area contributed by atoms with Gasteiger partial charge in [-0.2, -0.15) is 0 Å². The molecule has 0 saturated heterocycles. The molecule has 3 rings (SSSR count). The molecular weight excluding hydrogens is 328 g/mol. The van der Waals surface area contributed by atoms with E-state index >= 15 is 0 Å². The van der Waals surface area contributed by atoms with Gasteiger partial charge in [0.15, 0.2) is 0 Å². The minimum atomic E-state index is 0.924. The third-order valence-electron chi connectivity index (χ3n) is 5.11. The van der Waals surface area contributed by atoms with Gasteiger partial charge in [0.2, 0.25) is 0 Å². The minimum Gasteiger partial charge on any atom is -0.334 e. The first-order valence-electron chi connectivity index (χ1n) is 10.5. The van der Waals surface area contributed by atoms with E-state index in [1.165, 1.54) is 48.3 Å². The summed E-state index contributed by atoms with van der Waals surface area (Å²) in [7, 11) is 0. The number of hydrogen-bond acceptors (Lipinski definition) is 1. The Labute approximate surface area is 164 Å². The molecule has 0 spiro atoms. The van der Waals surface area contributed by atoms with Crippen LogP contribution in [0.2, 0.25) is 0 Å². The monoisotopic (exact) mass is 360 g/mol. The maximum Gasteiger partial charge on any atom is 0.113 e. The highest BCUT2D eigenvalue weighted by Crippen LogP contribution is 2.14. The summed E-state index contributed by atoms with van der Waals surface area (Å²) in [6.07, 6.45) is 11.7. The average Bonchev–Trinajstić information content (AvgIpc) is 3.08. The number of aryl methyl sites for hydroxylation is 3. The van der Waals surface area contributed by atoms with Crippen LogP contribution in [0.5, 0.6) is 0 Å². The van der Waals surface area contributed by atoms with Crippen molar-refractivity contribution in [2.75, 3.05) is 0 Å². The zero-order valence-corrected chi connectivity index (χ0v) is 16.6. The second-order valence-electron chi connectivity index (χ2n) is 7.40. The molecule has 0 radical (unpaired) electrons. The second-order valence-corrected chi connectivity index (χ2v) is 7.40. The van der Waals surface area contributed by atoms with Crippen LogP contribution >= 0.6 is 0 Å². The summed E-state index contributed by atoms with van der Waals surface area (Å²) < 4.78 is 2.40. The first kappa shape index (κ1) is 19.4. The lowest BCUT2D eigenvalue weighted by Gasteiger charge is -2.07. The summed E-state index contributed by atoms with van der Waals surface area (Å²) >= 11 is 0. The Balaban J connectivity index is 1.62. The van der Waals surface area contributed by atoms with Gasteiger partial charge >= 0.3 is 0 Å². The summed E-state index contributed by atoms with van der Waals surface area (Å²) in [4.78, 5) is 5.00. The van der Waals surface area contributed by atoms with Gasteiger partial charge in [0.25, 0.3) is 0 Å². The van der Waals surface area contributed by atoms with Crippen LogP contribution in [0.25, 0.3) is 0 Å². The molecule has 1 aromatic heterocycles. The van der Waals surface area contributed by atoms with E-state index in [0.29, 0.717) is 0 Å². The van der Waals surface area contributed by atoms with Crippen LogP contribution in [0, 0.1) is 0 Å². The highest BCUT2D eigenvalue weighted by molar-refractivity contribution is 5.21. The van der Waals surface area contributed by atoms with Crippen LogP contribution in [0.1, 0.15) is 61.7 Å². The molecule has 0 bridgehead atoms. The molecule has 142 valence electrons. The van der Waals surface area contributed by atoms with Crippen molar-refractivity contribution in [2.45, 2.75) is 64.8 Å². The lowest BCUT2D eigenvalue weighted by Crippen LogP contribution is -2.04. The van der Waals surface area contributed by atoms with Crippen LogP contribution in [0.4, 0.5) is 0 Å².